The minimum atomic E-state index is -0.333. The largest absolute Gasteiger partial charge is 0.329 e. The molecule has 1 saturated heterocycles. The summed E-state index contributed by atoms with van der Waals surface area (Å²) in [6.07, 6.45) is 2.00. The summed E-state index contributed by atoms with van der Waals surface area (Å²) in [4.78, 5) is 14.3. The smallest absolute Gasteiger partial charge is 0.142 e. The molecule has 3 heteroatoms. The Labute approximate surface area is 86.6 Å². The van der Waals surface area contributed by atoms with Gasteiger partial charge >= 0.3 is 0 Å². The van der Waals surface area contributed by atoms with E-state index in [-0.39, 0.29) is 11.3 Å². The van der Waals surface area contributed by atoms with Crippen LogP contribution in [0.25, 0.3) is 0 Å². The predicted octanol–water partition coefficient (Wildman–Crippen LogP) is 0.882. The van der Waals surface area contributed by atoms with Gasteiger partial charge in [0.25, 0.3) is 0 Å². The number of carbonyl (C=O) groups excluding carboxylic acids is 1. The molecule has 1 fully saturated rings. The van der Waals surface area contributed by atoms with Crippen LogP contribution < -0.4 is 5.73 Å². The van der Waals surface area contributed by atoms with Gasteiger partial charge in [0.2, 0.25) is 0 Å². The molecular formula is C11H22N2O. The third-order valence-electron chi connectivity index (χ3n) is 3.27. The van der Waals surface area contributed by atoms with E-state index in [0.29, 0.717) is 12.3 Å². The van der Waals surface area contributed by atoms with Gasteiger partial charge in [0, 0.05) is 17.9 Å². The topological polar surface area (TPSA) is 46.3 Å². The Bertz CT molecular complexity index is 205. The Morgan fingerprint density at radius 3 is 2.36 bits per heavy atom. The molecule has 2 N–H and O–H groups in total. The van der Waals surface area contributed by atoms with Crippen LogP contribution in [0.5, 0.6) is 0 Å². The highest BCUT2D eigenvalue weighted by Gasteiger charge is 2.33. The Morgan fingerprint density at radius 2 is 1.93 bits per heavy atom. The van der Waals surface area contributed by atoms with Crippen LogP contribution in [0.4, 0.5) is 0 Å². The van der Waals surface area contributed by atoms with Crippen molar-refractivity contribution in [3.05, 3.63) is 0 Å². The van der Waals surface area contributed by atoms with E-state index in [1.807, 2.05) is 13.8 Å². The lowest BCUT2D eigenvalue weighted by Gasteiger charge is -2.32. The summed E-state index contributed by atoms with van der Waals surface area (Å²) in [5.74, 6) is 0.595. The molecule has 0 aromatic heterocycles. The van der Waals surface area contributed by atoms with E-state index in [1.54, 1.807) is 0 Å². The number of Topliss-reactive ketones (excluding diaryl/α,β-unsaturated/α-hetero) is 1. The van der Waals surface area contributed by atoms with Crippen LogP contribution >= 0.6 is 0 Å². The second-order valence-electron chi connectivity index (χ2n) is 5.03. The standard InChI is InChI=1S/C11H22N2O/c1-11(2,8-12)10(14)9-4-6-13(3)7-5-9/h9H,4-8,12H2,1-3H3. The fourth-order valence-electron chi connectivity index (χ4n) is 1.92. The molecule has 0 radical (unpaired) electrons. The highest BCUT2D eigenvalue weighted by molar-refractivity contribution is 5.86. The van der Waals surface area contributed by atoms with Crippen LogP contribution in [-0.2, 0) is 4.79 Å². The molecule has 0 spiro atoms. The Kier molecular flexibility index (Phi) is 3.67. The summed E-state index contributed by atoms with van der Waals surface area (Å²) in [6, 6.07) is 0. The van der Waals surface area contributed by atoms with Gasteiger partial charge in [-0.25, -0.2) is 0 Å². The van der Waals surface area contributed by atoms with E-state index >= 15 is 0 Å². The van der Waals surface area contributed by atoms with Gasteiger partial charge in [0.1, 0.15) is 5.78 Å². The van der Waals surface area contributed by atoms with Crippen LogP contribution in [0, 0.1) is 11.3 Å². The van der Waals surface area contributed by atoms with Crippen molar-refractivity contribution < 1.29 is 4.79 Å². The monoisotopic (exact) mass is 198 g/mol. The zero-order valence-corrected chi connectivity index (χ0v) is 9.55. The fourth-order valence-corrected chi connectivity index (χ4v) is 1.92. The number of nitrogens with two attached hydrogens (primary N) is 1. The molecule has 0 aromatic rings. The van der Waals surface area contributed by atoms with Crippen LogP contribution in [0.15, 0.2) is 0 Å². The summed E-state index contributed by atoms with van der Waals surface area (Å²) in [5.41, 5.74) is 5.28. The van der Waals surface area contributed by atoms with Crippen molar-refractivity contribution in [1.82, 2.24) is 4.90 Å². The first-order chi connectivity index (χ1) is 6.47. The lowest BCUT2D eigenvalue weighted by atomic mass is 9.77. The molecule has 0 unspecified atom stereocenters. The van der Waals surface area contributed by atoms with Gasteiger partial charge in [0.05, 0.1) is 0 Å². The summed E-state index contributed by atoms with van der Waals surface area (Å²) >= 11 is 0. The highest BCUT2D eigenvalue weighted by Crippen LogP contribution is 2.26. The van der Waals surface area contributed by atoms with Crippen molar-refractivity contribution >= 4 is 5.78 Å². The number of carbonyl (C=O) groups is 1. The van der Waals surface area contributed by atoms with Crippen molar-refractivity contribution in [2.24, 2.45) is 17.1 Å². The van der Waals surface area contributed by atoms with E-state index in [2.05, 4.69) is 11.9 Å². The minimum absolute atomic E-state index is 0.241. The van der Waals surface area contributed by atoms with Crippen LogP contribution in [0.1, 0.15) is 26.7 Å². The summed E-state index contributed by atoms with van der Waals surface area (Å²) in [7, 11) is 2.11. The van der Waals surface area contributed by atoms with Gasteiger partial charge in [-0.15, -0.1) is 0 Å². The van der Waals surface area contributed by atoms with Crippen LogP contribution in [0.2, 0.25) is 0 Å². The van der Waals surface area contributed by atoms with Crippen molar-refractivity contribution in [2.75, 3.05) is 26.7 Å². The van der Waals surface area contributed by atoms with Gasteiger partial charge in [-0.2, -0.15) is 0 Å². The summed E-state index contributed by atoms with van der Waals surface area (Å²) in [6.45, 7) is 6.44. The van der Waals surface area contributed by atoms with Crippen LogP contribution in [0.3, 0.4) is 0 Å². The Balaban J connectivity index is 2.54. The molecule has 14 heavy (non-hydrogen) atoms. The molecule has 1 aliphatic rings. The van der Waals surface area contributed by atoms with Crippen LogP contribution in [-0.4, -0.2) is 37.4 Å². The lowest BCUT2D eigenvalue weighted by molar-refractivity contribution is -0.132. The first-order valence-corrected chi connectivity index (χ1v) is 5.40. The number of hydrogen-bond donors (Lipinski definition) is 1. The first kappa shape index (κ1) is 11.7. The average Bonchev–Trinajstić information content (AvgIpc) is 2.18. The molecule has 0 bridgehead atoms. The van der Waals surface area contributed by atoms with Gasteiger partial charge in [-0.05, 0) is 33.0 Å². The lowest BCUT2D eigenvalue weighted by Crippen LogP contribution is -2.41. The maximum Gasteiger partial charge on any atom is 0.142 e. The number of nitrogens with zero attached hydrogens (tertiary/aromatic N) is 1. The van der Waals surface area contributed by atoms with E-state index in [0.717, 1.165) is 25.9 Å². The molecule has 0 amide bonds. The molecule has 1 heterocycles. The Hall–Kier alpha value is -0.410. The van der Waals surface area contributed by atoms with E-state index in [1.165, 1.54) is 0 Å². The van der Waals surface area contributed by atoms with Gasteiger partial charge in [-0.3, -0.25) is 4.79 Å². The van der Waals surface area contributed by atoms with E-state index in [4.69, 9.17) is 5.73 Å². The maximum absolute atomic E-state index is 12.1. The maximum atomic E-state index is 12.1. The molecular weight excluding hydrogens is 176 g/mol. The number of hydrogen-bond acceptors (Lipinski definition) is 3. The van der Waals surface area contributed by atoms with Crippen molar-refractivity contribution in [2.45, 2.75) is 26.7 Å². The molecule has 1 rings (SSSR count). The van der Waals surface area contributed by atoms with Crippen molar-refractivity contribution in [3.63, 3.8) is 0 Å². The number of piperidine rings is 1. The molecule has 0 aliphatic carbocycles. The van der Waals surface area contributed by atoms with Crippen molar-refractivity contribution in [1.29, 1.82) is 0 Å². The molecule has 0 atom stereocenters. The predicted molar refractivity (Wildman–Crippen MR) is 58.1 cm³/mol. The minimum Gasteiger partial charge on any atom is -0.329 e. The van der Waals surface area contributed by atoms with E-state index < -0.39 is 0 Å². The third-order valence-corrected chi connectivity index (χ3v) is 3.27. The molecule has 82 valence electrons. The molecule has 1 aliphatic heterocycles. The van der Waals surface area contributed by atoms with Gasteiger partial charge in [-0.1, -0.05) is 13.8 Å². The second-order valence-corrected chi connectivity index (χ2v) is 5.03. The third kappa shape index (κ3) is 2.55. The average molecular weight is 198 g/mol. The summed E-state index contributed by atoms with van der Waals surface area (Å²) in [5, 5.41) is 0. The Morgan fingerprint density at radius 1 is 1.43 bits per heavy atom. The van der Waals surface area contributed by atoms with Crippen molar-refractivity contribution in [3.8, 4) is 0 Å². The number of rotatable bonds is 3. The zero-order valence-electron chi connectivity index (χ0n) is 9.55. The van der Waals surface area contributed by atoms with E-state index in [9.17, 15) is 4.79 Å². The quantitative estimate of drug-likeness (QED) is 0.732. The SMILES string of the molecule is CN1CCC(C(=O)C(C)(C)CN)CC1. The molecule has 3 nitrogen and oxygen atoms in total. The van der Waals surface area contributed by atoms with Gasteiger partial charge in [0.15, 0.2) is 0 Å². The van der Waals surface area contributed by atoms with Gasteiger partial charge < -0.3 is 10.6 Å². The zero-order chi connectivity index (χ0) is 10.8. The highest BCUT2D eigenvalue weighted by atomic mass is 16.1. The number of likely N-dealkylation sites (tertiary alicyclic amines) is 1. The first-order valence-electron chi connectivity index (χ1n) is 5.40. The second kappa shape index (κ2) is 4.41. The normalized spacial score (nSPS) is 21.1. The fraction of sp³-hybridized carbons (Fsp3) is 0.909. The number of ketones is 1. The molecule has 0 saturated carbocycles. The molecule has 0 aromatic carbocycles. The summed E-state index contributed by atoms with van der Waals surface area (Å²) < 4.78 is 0.